The summed E-state index contributed by atoms with van der Waals surface area (Å²) in [6.07, 6.45) is 0. The second-order valence-corrected chi connectivity index (χ2v) is 7.13. The van der Waals surface area contributed by atoms with Crippen LogP contribution >= 0.6 is 0 Å². The molecule has 1 unspecified atom stereocenters. The fourth-order valence-corrected chi connectivity index (χ4v) is 2.61. The van der Waals surface area contributed by atoms with Crippen molar-refractivity contribution in [1.29, 1.82) is 0 Å². The third kappa shape index (κ3) is 3.17. The van der Waals surface area contributed by atoms with Gasteiger partial charge in [-0.1, -0.05) is 20.8 Å². The van der Waals surface area contributed by atoms with Crippen molar-refractivity contribution in [2.45, 2.75) is 47.2 Å². The van der Waals surface area contributed by atoms with Crippen molar-refractivity contribution in [3.8, 4) is 5.75 Å². The van der Waals surface area contributed by atoms with Gasteiger partial charge < -0.3 is 9.52 Å². The third-order valence-electron chi connectivity index (χ3n) is 4.55. The molecule has 1 atom stereocenters. The monoisotopic (exact) mass is 303 g/mol. The van der Waals surface area contributed by atoms with Crippen LogP contribution < -0.4 is 5.63 Å². The van der Waals surface area contributed by atoms with Crippen LogP contribution in [0.4, 0.5) is 0 Å². The van der Waals surface area contributed by atoms with Crippen LogP contribution in [-0.2, 0) is 6.54 Å². The molecule has 0 fully saturated rings. The standard InChI is InChI=1S/C18H25NO3/c1-11-15(20)8-7-14-13(9-16(21)22-17(11)14)10-19(6)12(2)18(3,4)5/h7-9,12,20H,10H2,1-6H3. The first-order valence-corrected chi connectivity index (χ1v) is 7.57. The molecule has 0 saturated heterocycles. The summed E-state index contributed by atoms with van der Waals surface area (Å²) in [5.41, 5.74) is 1.77. The summed E-state index contributed by atoms with van der Waals surface area (Å²) in [5.74, 6) is 0.143. The van der Waals surface area contributed by atoms with E-state index in [0.717, 1.165) is 10.9 Å². The Morgan fingerprint density at radius 2 is 1.95 bits per heavy atom. The van der Waals surface area contributed by atoms with Crippen LogP contribution in [0.5, 0.6) is 5.75 Å². The lowest BCUT2D eigenvalue weighted by Crippen LogP contribution is -2.38. The van der Waals surface area contributed by atoms with E-state index in [1.165, 1.54) is 0 Å². The molecule has 4 nitrogen and oxygen atoms in total. The van der Waals surface area contributed by atoms with Crippen molar-refractivity contribution in [2.75, 3.05) is 7.05 Å². The maximum Gasteiger partial charge on any atom is 0.336 e. The summed E-state index contributed by atoms with van der Waals surface area (Å²) >= 11 is 0. The highest BCUT2D eigenvalue weighted by atomic mass is 16.4. The van der Waals surface area contributed by atoms with Gasteiger partial charge in [-0.05, 0) is 44.0 Å². The fraction of sp³-hybridized carbons (Fsp3) is 0.500. The lowest BCUT2D eigenvalue weighted by Gasteiger charge is -2.35. The first-order valence-electron chi connectivity index (χ1n) is 7.57. The zero-order valence-electron chi connectivity index (χ0n) is 14.2. The molecule has 0 radical (unpaired) electrons. The SMILES string of the molecule is Cc1c(O)ccc2c(CN(C)C(C)C(C)(C)C)cc(=O)oc12. The van der Waals surface area contributed by atoms with Gasteiger partial charge in [0, 0.05) is 29.6 Å². The van der Waals surface area contributed by atoms with E-state index in [9.17, 15) is 9.90 Å². The number of aryl methyl sites for hydroxylation is 1. The van der Waals surface area contributed by atoms with Crippen molar-refractivity contribution in [3.05, 3.63) is 39.7 Å². The molecule has 1 heterocycles. The molecule has 0 aliphatic rings. The quantitative estimate of drug-likeness (QED) is 0.879. The average Bonchev–Trinajstić information content (AvgIpc) is 2.41. The summed E-state index contributed by atoms with van der Waals surface area (Å²) < 4.78 is 5.29. The first kappa shape index (κ1) is 16.6. The molecule has 1 aromatic heterocycles. The molecule has 0 bridgehead atoms. The summed E-state index contributed by atoms with van der Waals surface area (Å²) in [5, 5.41) is 10.7. The molecule has 22 heavy (non-hydrogen) atoms. The number of hydrogen-bond acceptors (Lipinski definition) is 4. The number of benzene rings is 1. The van der Waals surface area contributed by atoms with Gasteiger partial charge in [-0.25, -0.2) is 4.79 Å². The van der Waals surface area contributed by atoms with E-state index in [-0.39, 0.29) is 16.8 Å². The van der Waals surface area contributed by atoms with Crippen LogP contribution in [0.3, 0.4) is 0 Å². The molecule has 0 amide bonds. The van der Waals surface area contributed by atoms with Crippen molar-refractivity contribution in [3.63, 3.8) is 0 Å². The lowest BCUT2D eigenvalue weighted by atomic mass is 9.87. The molecular formula is C18H25NO3. The Morgan fingerprint density at radius 3 is 2.55 bits per heavy atom. The first-order chi connectivity index (χ1) is 10.1. The number of hydrogen-bond donors (Lipinski definition) is 1. The largest absolute Gasteiger partial charge is 0.508 e. The molecule has 120 valence electrons. The van der Waals surface area contributed by atoms with Crippen molar-refractivity contribution >= 4 is 11.0 Å². The maximum atomic E-state index is 11.8. The maximum absolute atomic E-state index is 11.8. The van der Waals surface area contributed by atoms with Crippen LogP contribution in [0.2, 0.25) is 0 Å². The minimum absolute atomic E-state index is 0.143. The zero-order valence-corrected chi connectivity index (χ0v) is 14.2. The minimum atomic E-state index is -0.381. The van der Waals surface area contributed by atoms with Gasteiger partial charge in [0.05, 0.1) is 0 Å². The molecule has 4 heteroatoms. The number of rotatable bonds is 3. The summed E-state index contributed by atoms with van der Waals surface area (Å²) in [4.78, 5) is 14.1. The predicted octanol–water partition coefficient (Wildman–Crippen LogP) is 3.67. The van der Waals surface area contributed by atoms with E-state index >= 15 is 0 Å². The Labute approximate surface area is 131 Å². The van der Waals surface area contributed by atoms with Gasteiger partial charge in [0.1, 0.15) is 11.3 Å². The van der Waals surface area contributed by atoms with E-state index in [2.05, 4.69) is 39.6 Å². The van der Waals surface area contributed by atoms with E-state index in [0.29, 0.717) is 23.7 Å². The van der Waals surface area contributed by atoms with Gasteiger partial charge in [-0.3, -0.25) is 4.90 Å². The summed E-state index contributed by atoms with van der Waals surface area (Å²) in [7, 11) is 2.06. The van der Waals surface area contributed by atoms with Gasteiger partial charge in [-0.15, -0.1) is 0 Å². The molecule has 0 spiro atoms. The van der Waals surface area contributed by atoms with Crippen LogP contribution in [0.15, 0.2) is 27.4 Å². The molecular weight excluding hydrogens is 278 g/mol. The number of phenolic OH excluding ortho intramolecular Hbond substituents is 1. The third-order valence-corrected chi connectivity index (χ3v) is 4.55. The van der Waals surface area contributed by atoms with E-state index in [1.54, 1.807) is 19.1 Å². The molecule has 2 rings (SSSR count). The Hall–Kier alpha value is -1.81. The number of nitrogens with zero attached hydrogens (tertiary/aromatic N) is 1. The van der Waals surface area contributed by atoms with Crippen molar-refractivity contribution in [2.24, 2.45) is 5.41 Å². The van der Waals surface area contributed by atoms with Crippen LogP contribution in [0.25, 0.3) is 11.0 Å². The predicted molar refractivity (Wildman–Crippen MR) is 89.3 cm³/mol. The van der Waals surface area contributed by atoms with Gasteiger partial charge in [0.15, 0.2) is 0 Å². The molecule has 0 aliphatic carbocycles. The summed E-state index contributed by atoms with van der Waals surface area (Å²) in [6, 6.07) is 5.36. The smallest absolute Gasteiger partial charge is 0.336 e. The number of phenols is 1. The van der Waals surface area contributed by atoms with Crippen LogP contribution in [0.1, 0.15) is 38.8 Å². The van der Waals surface area contributed by atoms with Crippen molar-refractivity contribution in [1.82, 2.24) is 4.90 Å². The molecule has 2 aromatic rings. The molecule has 0 aliphatic heterocycles. The zero-order chi connectivity index (χ0) is 16.7. The second-order valence-electron chi connectivity index (χ2n) is 7.13. The summed E-state index contributed by atoms with van der Waals surface area (Å²) in [6.45, 7) is 11.2. The van der Waals surface area contributed by atoms with Gasteiger partial charge in [0.2, 0.25) is 0 Å². The number of fused-ring (bicyclic) bond motifs is 1. The Bertz CT molecular complexity index is 740. The minimum Gasteiger partial charge on any atom is -0.508 e. The van der Waals surface area contributed by atoms with Crippen molar-refractivity contribution < 1.29 is 9.52 Å². The fourth-order valence-electron chi connectivity index (χ4n) is 2.61. The number of aromatic hydroxyl groups is 1. The Kier molecular flexibility index (Phi) is 4.34. The average molecular weight is 303 g/mol. The molecule has 1 aromatic carbocycles. The van der Waals surface area contributed by atoms with Gasteiger partial charge in [-0.2, -0.15) is 0 Å². The lowest BCUT2D eigenvalue weighted by molar-refractivity contribution is 0.135. The highest BCUT2D eigenvalue weighted by Gasteiger charge is 2.24. The topological polar surface area (TPSA) is 53.7 Å². The highest BCUT2D eigenvalue weighted by molar-refractivity contribution is 5.84. The van der Waals surface area contributed by atoms with Crippen LogP contribution in [-0.4, -0.2) is 23.1 Å². The normalized spacial score (nSPS) is 13.8. The Balaban J connectivity index is 2.48. The second kappa shape index (κ2) is 5.76. The van der Waals surface area contributed by atoms with Gasteiger partial charge >= 0.3 is 5.63 Å². The van der Waals surface area contributed by atoms with E-state index < -0.39 is 0 Å². The van der Waals surface area contributed by atoms with Gasteiger partial charge in [0.25, 0.3) is 0 Å². The molecule has 1 N–H and O–H groups in total. The molecule has 0 saturated carbocycles. The van der Waals surface area contributed by atoms with E-state index in [4.69, 9.17) is 4.42 Å². The Morgan fingerprint density at radius 1 is 1.32 bits per heavy atom. The van der Waals surface area contributed by atoms with E-state index in [1.807, 2.05) is 6.07 Å². The highest BCUT2D eigenvalue weighted by Crippen LogP contribution is 2.29. The van der Waals surface area contributed by atoms with Crippen LogP contribution in [0, 0.1) is 12.3 Å².